The van der Waals surface area contributed by atoms with Crippen molar-refractivity contribution in [1.82, 2.24) is 15.6 Å². The van der Waals surface area contributed by atoms with Crippen LogP contribution in [0, 0.1) is 0 Å². The van der Waals surface area contributed by atoms with E-state index < -0.39 is 0 Å². The van der Waals surface area contributed by atoms with Crippen molar-refractivity contribution in [2.24, 2.45) is 4.99 Å². The van der Waals surface area contributed by atoms with E-state index in [0.29, 0.717) is 12.4 Å². The Morgan fingerprint density at radius 3 is 2.64 bits per heavy atom. The lowest BCUT2D eigenvalue weighted by atomic mass is 9.91. The molecule has 0 bridgehead atoms. The average Bonchev–Trinajstić information content (AvgIpc) is 3.13. The van der Waals surface area contributed by atoms with Gasteiger partial charge in [0.15, 0.2) is 5.96 Å². The minimum absolute atomic E-state index is 0. The van der Waals surface area contributed by atoms with Crippen LogP contribution in [0.3, 0.4) is 0 Å². The van der Waals surface area contributed by atoms with Gasteiger partial charge >= 0.3 is 0 Å². The van der Waals surface area contributed by atoms with E-state index >= 15 is 0 Å². The number of aliphatic imine (C=N–C) groups is 1. The summed E-state index contributed by atoms with van der Waals surface area (Å²) in [6.45, 7) is 8.76. The Balaban J connectivity index is 0.00000312. The topological polar surface area (TPSA) is 58.5 Å². The summed E-state index contributed by atoms with van der Waals surface area (Å²) in [5.41, 5.74) is 1.11. The van der Waals surface area contributed by atoms with Gasteiger partial charge in [0.1, 0.15) is 0 Å². The van der Waals surface area contributed by atoms with Crippen molar-refractivity contribution >= 4 is 41.3 Å². The molecule has 0 spiro atoms. The molecule has 2 N–H and O–H groups in total. The van der Waals surface area contributed by atoms with Crippen LogP contribution >= 0.6 is 35.3 Å². The molecule has 2 aromatic rings. The molecule has 0 fully saturated rings. The summed E-state index contributed by atoms with van der Waals surface area (Å²) in [5.74, 6) is 1.43. The van der Waals surface area contributed by atoms with Gasteiger partial charge in [-0.25, -0.2) is 9.98 Å². The number of halogens is 1. The normalized spacial score (nSPS) is 11.6. The highest BCUT2D eigenvalue weighted by Crippen LogP contribution is 2.26. The van der Waals surface area contributed by atoms with Crippen LogP contribution in [0.15, 0.2) is 40.8 Å². The lowest BCUT2D eigenvalue weighted by Crippen LogP contribution is -2.43. The maximum atomic E-state index is 5.07. The van der Waals surface area contributed by atoms with Crippen molar-refractivity contribution in [2.45, 2.75) is 32.7 Å². The second kappa shape index (κ2) is 10.6. The fraction of sp³-hybridized carbons (Fsp3) is 0.444. The number of aromatic nitrogens is 1. The molecule has 25 heavy (non-hydrogen) atoms. The second-order valence-corrected chi connectivity index (χ2v) is 7.07. The third-order valence-corrected chi connectivity index (χ3v) is 4.89. The molecule has 0 unspecified atom stereocenters. The van der Waals surface area contributed by atoms with Crippen molar-refractivity contribution in [2.75, 3.05) is 20.2 Å². The van der Waals surface area contributed by atoms with Crippen LogP contribution in [0.5, 0.6) is 5.88 Å². The molecule has 2 rings (SSSR count). The summed E-state index contributed by atoms with van der Waals surface area (Å²) >= 11 is 1.79. The average molecular weight is 474 g/mol. The first-order chi connectivity index (χ1) is 11.5. The van der Waals surface area contributed by atoms with Gasteiger partial charge in [-0.2, -0.15) is 0 Å². The Bertz CT molecular complexity index is 642. The molecule has 2 heterocycles. The van der Waals surface area contributed by atoms with Crippen LogP contribution in [-0.2, 0) is 12.0 Å². The zero-order valence-corrected chi connectivity index (χ0v) is 18.4. The van der Waals surface area contributed by atoms with Gasteiger partial charge in [0.05, 0.1) is 13.7 Å². The van der Waals surface area contributed by atoms with Crippen molar-refractivity contribution < 1.29 is 4.74 Å². The molecule has 0 atom stereocenters. The third kappa shape index (κ3) is 6.81. The lowest BCUT2D eigenvalue weighted by molar-refractivity contribution is 0.397. The first-order valence-electron chi connectivity index (χ1n) is 8.10. The minimum atomic E-state index is 0. The van der Waals surface area contributed by atoms with E-state index in [0.717, 1.165) is 24.6 Å². The number of hydrogen-bond acceptors (Lipinski definition) is 4. The number of rotatable bonds is 7. The molecule has 0 aliphatic heterocycles. The lowest BCUT2D eigenvalue weighted by Gasteiger charge is -2.25. The van der Waals surface area contributed by atoms with E-state index in [1.165, 1.54) is 4.88 Å². The third-order valence-electron chi connectivity index (χ3n) is 3.66. The van der Waals surface area contributed by atoms with Crippen LogP contribution in [0.25, 0.3) is 0 Å². The monoisotopic (exact) mass is 474 g/mol. The first-order valence-corrected chi connectivity index (χ1v) is 8.98. The van der Waals surface area contributed by atoms with E-state index in [9.17, 15) is 0 Å². The molecule has 0 aliphatic rings. The SMILES string of the molecule is CCNC(=NCc1ccc(OC)nc1)NCC(C)(C)c1cccs1.I. The molecule has 0 amide bonds. The summed E-state index contributed by atoms with van der Waals surface area (Å²) in [7, 11) is 1.61. The number of methoxy groups -OCH3 is 1. The van der Waals surface area contributed by atoms with Crippen LogP contribution in [0.2, 0.25) is 0 Å². The Labute approximate surface area is 171 Å². The molecular formula is C18H27IN4OS. The zero-order chi connectivity index (χ0) is 17.4. The van der Waals surface area contributed by atoms with E-state index in [2.05, 4.69) is 58.9 Å². The molecule has 5 nitrogen and oxygen atoms in total. The molecule has 7 heteroatoms. The molecular weight excluding hydrogens is 447 g/mol. The highest BCUT2D eigenvalue weighted by molar-refractivity contribution is 14.0. The fourth-order valence-electron chi connectivity index (χ4n) is 2.19. The first kappa shape index (κ1) is 21.7. The molecule has 0 saturated carbocycles. The fourth-order valence-corrected chi connectivity index (χ4v) is 3.04. The number of nitrogens with one attached hydrogen (secondary N) is 2. The summed E-state index contributed by atoms with van der Waals surface area (Å²) in [5, 5.41) is 8.85. The van der Waals surface area contributed by atoms with Crippen LogP contribution in [-0.4, -0.2) is 31.1 Å². The van der Waals surface area contributed by atoms with E-state index in [-0.39, 0.29) is 29.4 Å². The Kier molecular flexibility index (Phi) is 9.20. The Hall–Kier alpha value is -1.35. The minimum Gasteiger partial charge on any atom is -0.481 e. The number of pyridine rings is 1. The van der Waals surface area contributed by atoms with Crippen LogP contribution in [0.4, 0.5) is 0 Å². The van der Waals surface area contributed by atoms with Gasteiger partial charge in [-0.1, -0.05) is 26.0 Å². The Morgan fingerprint density at radius 1 is 1.28 bits per heavy atom. The van der Waals surface area contributed by atoms with Crippen LogP contribution in [0.1, 0.15) is 31.2 Å². The van der Waals surface area contributed by atoms with Gasteiger partial charge in [-0.3, -0.25) is 0 Å². The predicted molar refractivity (Wildman–Crippen MR) is 116 cm³/mol. The number of ether oxygens (including phenoxy) is 1. The Morgan fingerprint density at radius 2 is 2.08 bits per heavy atom. The smallest absolute Gasteiger partial charge is 0.212 e. The molecule has 0 radical (unpaired) electrons. The van der Waals surface area contributed by atoms with Crippen molar-refractivity contribution in [1.29, 1.82) is 0 Å². The van der Waals surface area contributed by atoms with Crippen molar-refractivity contribution in [3.05, 3.63) is 46.3 Å². The van der Waals surface area contributed by atoms with E-state index in [4.69, 9.17) is 4.74 Å². The summed E-state index contributed by atoms with van der Waals surface area (Å²) < 4.78 is 5.07. The standard InChI is InChI=1S/C18H26N4OS.HI/c1-5-19-17(21-12-14-8-9-16(23-4)20-11-14)22-13-18(2,3)15-7-6-10-24-15;/h6-11H,5,12-13H2,1-4H3,(H2,19,21,22);1H. The van der Waals surface area contributed by atoms with Crippen molar-refractivity contribution in [3.8, 4) is 5.88 Å². The number of nitrogens with zero attached hydrogens (tertiary/aromatic N) is 2. The molecule has 0 saturated heterocycles. The highest BCUT2D eigenvalue weighted by Gasteiger charge is 2.21. The van der Waals surface area contributed by atoms with Gasteiger partial charge in [0.2, 0.25) is 5.88 Å². The summed E-state index contributed by atoms with van der Waals surface area (Å²) in [4.78, 5) is 10.2. The van der Waals surface area contributed by atoms with E-state index in [1.54, 1.807) is 24.6 Å². The van der Waals surface area contributed by atoms with Gasteiger partial charge in [0, 0.05) is 35.6 Å². The van der Waals surface area contributed by atoms with Gasteiger partial charge in [0.25, 0.3) is 0 Å². The molecule has 0 aliphatic carbocycles. The molecule has 2 aromatic heterocycles. The quantitative estimate of drug-likeness (QED) is 0.364. The number of hydrogen-bond donors (Lipinski definition) is 2. The van der Waals surface area contributed by atoms with Gasteiger partial charge in [-0.05, 0) is 23.9 Å². The van der Waals surface area contributed by atoms with E-state index in [1.807, 2.05) is 12.1 Å². The highest BCUT2D eigenvalue weighted by atomic mass is 127. The summed E-state index contributed by atoms with van der Waals surface area (Å²) in [6, 6.07) is 8.11. The maximum absolute atomic E-state index is 5.07. The second-order valence-electron chi connectivity index (χ2n) is 6.12. The molecule has 0 aromatic carbocycles. The molecule has 138 valence electrons. The zero-order valence-electron chi connectivity index (χ0n) is 15.2. The van der Waals surface area contributed by atoms with Crippen molar-refractivity contribution in [3.63, 3.8) is 0 Å². The van der Waals surface area contributed by atoms with Gasteiger partial charge < -0.3 is 15.4 Å². The summed E-state index contributed by atoms with van der Waals surface area (Å²) in [6.07, 6.45) is 1.79. The number of thiophene rings is 1. The maximum Gasteiger partial charge on any atom is 0.212 e. The number of guanidine groups is 1. The predicted octanol–water partition coefficient (Wildman–Crippen LogP) is 3.80. The largest absolute Gasteiger partial charge is 0.481 e. The van der Waals surface area contributed by atoms with Crippen LogP contribution < -0.4 is 15.4 Å². The van der Waals surface area contributed by atoms with Gasteiger partial charge in [-0.15, -0.1) is 35.3 Å².